The highest BCUT2D eigenvalue weighted by molar-refractivity contribution is 5.85. The standard InChI is InChI=1S/C16H14F4N2O3.ClH/c17-10-3-1-2-9(4-10)14-21-11(8-25-14)5-22-6-12(15(23)24)13(7-22)16(18,19)20;/h1-4,8,12-13H,5-7H2,(H,23,24);1H/t12-,13-;/m1./s1. The van der Waals surface area contributed by atoms with Crippen LogP contribution < -0.4 is 0 Å². The van der Waals surface area contributed by atoms with Gasteiger partial charge < -0.3 is 9.52 Å². The summed E-state index contributed by atoms with van der Waals surface area (Å²) < 4.78 is 57.4. The molecule has 10 heteroatoms. The molecule has 0 bridgehead atoms. The maximum atomic E-state index is 13.2. The molecule has 26 heavy (non-hydrogen) atoms. The summed E-state index contributed by atoms with van der Waals surface area (Å²) in [5.74, 6) is -5.20. The molecule has 3 rings (SSSR count). The van der Waals surface area contributed by atoms with E-state index in [1.54, 1.807) is 6.07 Å². The monoisotopic (exact) mass is 394 g/mol. The Hall–Kier alpha value is -2.13. The first-order valence-electron chi connectivity index (χ1n) is 7.46. The van der Waals surface area contributed by atoms with Crippen LogP contribution in [0.4, 0.5) is 17.6 Å². The lowest BCUT2D eigenvalue weighted by atomic mass is 9.96. The molecule has 1 aromatic carbocycles. The molecular weight excluding hydrogens is 380 g/mol. The van der Waals surface area contributed by atoms with Gasteiger partial charge in [-0.3, -0.25) is 9.69 Å². The summed E-state index contributed by atoms with van der Waals surface area (Å²) in [7, 11) is 0. The van der Waals surface area contributed by atoms with Gasteiger partial charge in [-0.05, 0) is 18.2 Å². The molecule has 0 radical (unpaired) electrons. The average molecular weight is 395 g/mol. The van der Waals surface area contributed by atoms with Crippen molar-refractivity contribution in [3.05, 3.63) is 42.0 Å². The molecule has 1 N–H and O–H groups in total. The molecule has 142 valence electrons. The number of halogens is 5. The van der Waals surface area contributed by atoms with Crippen molar-refractivity contribution in [2.75, 3.05) is 13.1 Å². The molecule has 2 atom stereocenters. The fraction of sp³-hybridized carbons (Fsp3) is 0.375. The summed E-state index contributed by atoms with van der Waals surface area (Å²) >= 11 is 0. The number of benzene rings is 1. The van der Waals surface area contributed by atoms with Crippen LogP contribution in [0.15, 0.2) is 34.9 Å². The Bertz CT molecular complexity index is 781. The van der Waals surface area contributed by atoms with Crippen LogP contribution in [-0.2, 0) is 11.3 Å². The van der Waals surface area contributed by atoms with Crippen LogP contribution in [0.1, 0.15) is 5.69 Å². The zero-order valence-electron chi connectivity index (χ0n) is 13.2. The molecule has 1 aromatic heterocycles. The third-order valence-corrected chi connectivity index (χ3v) is 4.14. The molecule has 0 unspecified atom stereocenters. The highest BCUT2D eigenvalue weighted by Crippen LogP contribution is 2.38. The van der Waals surface area contributed by atoms with Gasteiger partial charge in [-0.1, -0.05) is 6.07 Å². The van der Waals surface area contributed by atoms with Gasteiger partial charge in [0.1, 0.15) is 12.1 Å². The second kappa shape index (κ2) is 7.63. The van der Waals surface area contributed by atoms with Crippen molar-refractivity contribution in [2.45, 2.75) is 12.7 Å². The fourth-order valence-electron chi connectivity index (χ4n) is 2.96. The predicted molar refractivity (Wildman–Crippen MR) is 85.1 cm³/mol. The van der Waals surface area contributed by atoms with E-state index in [1.807, 2.05) is 0 Å². The molecule has 2 aromatic rings. The summed E-state index contributed by atoms with van der Waals surface area (Å²) in [6, 6.07) is 5.57. The molecule has 0 saturated carbocycles. The van der Waals surface area contributed by atoms with Gasteiger partial charge in [-0.25, -0.2) is 9.37 Å². The number of nitrogens with zero attached hydrogens (tertiary/aromatic N) is 2. The van der Waals surface area contributed by atoms with Crippen LogP contribution in [0.25, 0.3) is 11.5 Å². The zero-order valence-corrected chi connectivity index (χ0v) is 14.1. The van der Waals surface area contributed by atoms with Crippen LogP contribution in [0, 0.1) is 17.7 Å². The number of alkyl halides is 3. The first kappa shape index (κ1) is 20.2. The fourth-order valence-corrected chi connectivity index (χ4v) is 2.96. The van der Waals surface area contributed by atoms with E-state index in [4.69, 9.17) is 9.52 Å². The van der Waals surface area contributed by atoms with Gasteiger partial charge in [0.2, 0.25) is 5.89 Å². The number of carboxylic acids is 1. The number of rotatable bonds is 4. The lowest BCUT2D eigenvalue weighted by molar-refractivity contribution is -0.188. The number of oxazole rings is 1. The quantitative estimate of drug-likeness (QED) is 0.803. The molecule has 1 saturated heterocycles. The van der Waals surface area contributed by atoms with Crippen LogP contribution in [0.2, 0.25) is 0 Å². The normalized spacial score (nSPS) is 20.8. The third-order valence-electron chi connectivity index (χ3n) is 4.14. The number of aromatic nitrogens is 1. The molecule has 0 aliphatic carbocycles. The first-order valence-corrected chi connectivity index (χ1v) is 7.46. The largest absolute Gasteiger partial charge is 0.481 e. The number of aliphatic carboxylic acids is 1. The van der Waals surface area contributed by atoms with E-state index < -0.39 is 36.3 Å². The lowest BCUT2D eigenvalue weighted by Crippen LogP contribution is -2.33. The predicted octanol–water partition coefficient (Wildman–Crippen LogP) is 3.60. The van der Waals surface area contributed by atoms with Gasteiger partial charge >= 0.3 is 12.1 Å². The first-order chi connectivity index (χ1) is 11.7. The van der Waals surface area contributed by atoms with Crippen molar-refractivity contribution >= 4 is 18.4 Å². The third kappa shape index (κ3) is 4.34. The van der Waals surface area contributed by atoms with Crippen LogP contribution in [-0.4, -0.2) is 40.2 Å². The summed E-state index contributed by atoms with van der Waals surface area (Å²) in [5, 5.41) is 9.01. The summed E-state index contributed by atoms with van der Waals surface area (Å²) in [6.45, 7) is -0.612. The van der Waals surface area contributed by atoms with Crippen molar-refractivity contribution in [3.8, 4) is 11.5 Å². The van der Waals surface area contributed by atoms with Gasteiger partial charge in [0, 0.05) is 25.2 Å². The Morgan fingerprint density at radius 3 is 2.65 bits per heavy atom. The highest BCUT2D eigenvalue weighted by Gasteiger charge is 2.52. The average Bonchev–Trinajstić information content (AvgIpc) is 3.14. The molecule has 2 heterocycles. The van der Waals surface area contributed by atoms with E-state index in [1.165, 1.54) is 29.4 Å². The Kier molecular flexibility index (Phi) is 5.92. The lowest BCUT2D eigenvalue weighted by Gasteiger charge is -2.18. The minimum absolute atomic E-state index is 0. The second-order valence-electron chi connectivity index (χ2n) is 5.94. The number of hydrogen-bond donors (Lipinski definition) is 1. The summed E-state index contributed by atoms with van der Waals surface area (Å²) in [5.41, 5.74) is 0.760. The maximum absolute atomic E-state index is 13.2. The second-order valence-corrected chi connectivity index (χ2v) is 5.94. The number of hydrogen-bond acceptors (Lipinski definition) is 4. The smallest absolute Gasteiger partial charge is 0.393 e. The van der Waals surface area contributed by atoms with Crippen LogP contribution in [0.5, 0.6) is 0 Å². The Morgan fingerprint density at radius 1 is 1.35 bits per heavy atom. The van der Waals surface area contributed by atoms with Gasteiger partial charge in [0.25, 0.3) is 0 Å². The molecule has 1 aliphatic rings. The van der Waals surface area contributed by atoms with Crippen LogP contribution >= 0.6 is 12.4 Å². The summed E-state index contributed by atoms with van der Waals surface area (Å²) in [4.78, 5) is 16.6. The van der Waals surface area contributed by atoms with E-state index in [-0.39, 0.29) is 31.4 Å². The van der Waals surface area contributed by atoms with Crippen molar-refractivity contribution in [2.24, 2.45) is 11.8 Å². The molecule has 0 spiro atoms. The highest BCUT2D eigenvalue weighted by atomic mass is 35.5. The number of likely N-dealkylation sites (tertiary alicyclic amines) is 1. The van der Waals surface area contributed by atoms with Crippen molar-refractivity contribution in [1.82, 2.24) is 9.88 Å². The maximum Gasteiger partial charge on any atom is 0.393 e. The summed E-state index contributed by atoms with van der Waals surface area (Å²) in [6.07, 6.45) is -3.30. The molecule has 0 amide bonds. The molecule has 1 aliphatic heterocycles. The Balaban J connectivity index is 0.00000243. The minimum Gasteiger partial charge on any atom is -0.481 e. The van der Waals surface area contributed by atoms with Gasteiger partial charge in [-0.15, -0.1) is 12.4 Å². The minimum atomic E-state index is -4.58. The van der Waals surface area contributed by atoms with Gasteiger partial charge in [0.15, 0.2) is 0 Å². The Morgan fingerprint density at radius 2 is 2.08 bits per heavy atom. The van der Waals surface area contributed by atoms with Crippen molar-refractivity contribution in [3.63, 3.8) is 0 Å². The Labute approximate surface area is 152 Å². The molecular formula is C16H15ClF4N2O3. The van der Waals surface area contributed by atoms with Gasteiger partial charge in [0.05, 0.1) is 17.5 Å². The molecule has 1 fully saturated rings. The SMILES string of the molecule is Cl.O=C(O)[C@@H]1CN(Cc2coc(-c3cccc(F)c3)n2)C[C@H]1C(F)(F)F. The zero-order chi connectivity index (χ0) is 18.2. The van der Waals surface area contributed by atoms with E-state index in [9.17, 15) is 22.4 Å². The number of carboxylic acid groups (broad SMARTS) is 1. The van der Waals surface area contributed by atoms with E-state index >= 15 is 0 Å². The van der Waals surface area contributed by atoms with Gasteiger partial charge in [-0.2, -0.15) is 13.2 Å². The topological polar surface area (TPSA) is 66.6 Å². The van der Waals surface area contributed by atoms with Crippen molar-refractivity contribution < 1.29 is 31.9 Å². The number of carbonyl (C=O) groups is 1. The van der Waals surface area contributed by atoms with E-state index in [0.29, 0.717) is 11.3 Å². The van der Waals surface area contributed by atoms with E-state index in [0.717, 1.165) is 0 Å². The van der Waals surface area contributed by atoms with Crippen molar-refractivity contribution in [1.29, 1.82) is 0 Å². The molecule has 5 nitrogen and oxygen atoms in total. The van der Waals surface area contributed by atoms with E-state index in [2.05, 4.69) is 4.98 Å². The van der Waals surface area contributed by atoms with Crippen LogP contribution in [0.3, 0.4) is 0 Å².